The molecule has 0 aliphatic rings. The van der Waals surface area contributed by atoms with Crippen molar-refractivity contribution in [2.24, 2.45) is 0 Å². The van der Waals surface area contributed by atoms with Crippen LogP contribution in [0.15, 0.2) is 121 Å². The first-order valence-electron chi connectivity index (χ1n) is 33.8. The molecule has 11 rings (SSSR count). The second kappa shape index (κ2) is 30.9. The van der Waals surface area contributed by atoms with Gasteiger partial charge in [-0.2, -0.15) is 35.2 Å². The second-order valence-electron chi connectivity index (χ2n) is 24.9. The van der Waals surface area contributed by atoms with E-state index in [9.17, 15) is 20.0 Å². The van der Waals surface area contributed by atoms with Crippen molar-refractivity contribution in [2.75, 3.05) is 4.90 Å². The van der Waals surface area contributed by atoms with Crippen LogP contribution in [0.25, 0.3) is 101 Å². The minimum Gasteiger partial charge on any atom is -0.486 e. The zero-order valence-corrected chi connectivity index (χ0v) is 60.2. The Morgan fingerprint density at radius 2 is 1.02 bits per heavy atom. The molecule has 0 unspecified atom stereocenters. The Bertz CT molecular complexity index is 4790. The molecule has 0 fully saturated rings. The van der Waals surface area contributed by atoms with Gasteiger partial charge in [-0.25, -0.2) is 14.8 Å². The lowest BCUT2D eigenvalue weighted by molar-refractivity contribution is -0.132. The molecule has 0 saturated heterocycles. The standard InChI is InChI=1S/C78H81N11O4S4/c1-13-20-23-48-24-32-57(33-25-48)87(58-34-26-51(27-35-58)72-55(21-14-2)42-64(94-72)74-68(49(16-4)17-5)81-76(96-74)61-38-30-53(40-60(44-79)93-45-90)66-70(61)85-88(83-66)46(8)9)59-36-28-52(29-37-59)73-56(22-15-3)43-65(95-73)75-69(50(18-6)19-7)82-77(97-75)62-39-31-54(41-63(80-12)78(91)92)67-71(62)86-89(84-67)47(10)11/h24-43,45-47,49-50H,13-23H2,1-11H3,(H,91,92)/b60-40+,63-41-. The van der Waals surface area contributed by atoms with Gasteiger partial charge >= 0.3 is 5.97 Å². The van der Waals surface area contributed by atoms with Crippen LogP contribution in [-0.2, 0) is 33.6 Å². The molecular weight excluding hydrogens is 1280 g/mol. The number of thiophene rings is 2. The molecule has 6 heterocycles. The summed E-state index contributed by atoms with van der Waals surface area (Å²) in [5.74, 6) is -0.964. The van der Waals surface area contributed by atoms with Gasteiger partial charge in [0.15, 0.2) is 0 Å². The average molecular weight is 1360 g/mol. The van der Waals surface area contributed by atoms with Gasteiger partial charge in [0.1, 0.15) is 38.2 Å². The normalized spacial score (nSPS) is 12.1. The molecule has 15 nitrogen and oxygen atoms in total. The third kappa shape index (κ3) is 14.4. The smallest absolute Gasteiger partial charge is 0.333 e. The molecular formula is C78H81N11O4S4. The highest BCUT2D eigenvalue weighted by molar-refractivity contribution is 7.26. The van der Waals surface area contributed by atoms with Crippen molar-refractivity contribution in [3.05, 3.63) is 171 Å². The van der Waals surface area contributed by atoms with E-state index in [4.69, 9.17) is 41.7 Å². The number of rotatable bonds is 29. The molecule has 0 amide bonds. The summed E-state index contributed by atoms with van der Waals surface area (Å²) >= 11 is 7.03. The highest BCUT2D eigenvalue weighted by Gasteiger charge is 2.29. The summed E-state index contributed by atoms with van der Waals surface area (Å²) in [5, 5.41) is 40.8. The molecule has 0 spiro atoms. The third-order valence-corrected chi connectivity index (χ3v) is 22.7. The van der Waals surface area contributed by atoms with Crippen LogP contribution in [0.2, 0.25) is 0 Å². The van der Waals surface area contributed by atoms with Crippen LogP contribution in [0.3, 0.4) is 0 Å². The van der Waals surface area contributed by atoms with E-state index >= 15 is 0 Å². The van der Waals surface area contributed by atoms with Crippen molar-refractivity contribution in [3.63, 3.8) is 0 Å². The van der Waals surface area contributed by atoms with Crippen molar-refractivity contribution >= 4 is 109 Å². The fraction of sp³-hybridized carbons (Fsp3) is 0.333. The number of nitrogens with zero attached hydrogens (tertiary/aromatic N) is 11. The first-order valence-corrected chi connectivity index (χ1v) is 37.1. The number of thiazole rings is 2. The number of carboxylic acids is 1. The molecule has 0 aliphatic carbocycles. The van der Waals surface area contributed by atoms with Crippen LogP contribution in [0.4, 0.5) is 17.1 Å². The number of benzene rings is 5. The number of carbonyl (C=O) groups is 2. The number of aliphatic carboxylic acids is 1. The number of allylic oxidation sites excluding steroid dienone is 1. The number of aromatic nitrogens is 8. The summed E-state index contributed by atoms with van der Waals surface area (Å²) < 4.78 is 4.97. The van der Waals surface area contributed by atoms with Gasteiger partial charge in [-0.3, -0.25) is 9.59 Å². The molecule has 6 aromatic heterocycles. The second-order valence-corrected chi connectivity index (χ2v) is 29.0. The van der Waals surface area contributed by atoms with Gasteiger partial charge in [0, 0.05) is 71.2 Å². The number of anilines is 3. The van der Waals surface area contributed by atoms with Crippen LogP contribution in [0.1, 0.15) is 191 Å². The van der Waals surface area contributed by atoms with Gasteiger partial charge < -0.3 is 14.7 Å². The predicted molar refractivity (Wildman–Crippen MR) is 400 cm³/mol. The fourth-order valence-corrected chi connectivity index (χ4v) is 17.5. The van der Waals surface area contributed by atoms with Gasteiger partial charge in [-0.1, -0.05) is 116 Å². The van der Waals surface area contributed by atoms with Gasteiger partial charge in [-0.15, -0.1) is 45.3 Å². The Kier molecular flexibility index (Phi) is 22.0. The third-order valence-electron chi connectivity index (χ3n) is 17.7. The maximum Gasteiger partial charge on any atom is 0.333 e. The number of fused-ring (bicyclic) bond motifs is 2. The largest absolute Gasteiger partial charge is 0.486 e. The van der Waals surface area contributed by atoms with Crippen LogP contribution in [0.5, 0.6) is 0 Å². The van der Waals surface area contributed by atoms with Crippen molar-refractivity contribution in [1.29, 1.82) is 5.26 Å². The molecule has 0 saturated carbocycles. The van der Waals surface area contributed by atoms with Gasteiger partial charge in [0.05, 0.1) is 39.8 Å². The molecule has 0 aliphatic heterocycles. The lowest BCUT2D eigenvalue weighted by atomic mass is 9.97. The van der Waals surface area contributed by atoms with Crippen LogP contribution in [-0.4, -0.2) is 57.5 Å². The maximum absolute atomic E-state index is 12.0. The first kappa shape index (κ1) is 69.1. The van der Waals surface area contributed by atoms with Crippen molar-refractivity contribution < 1.29 is 19.4 Å². The average Bonchev–Trinajstić information content (AvgIpc) is 1.63. The Hall–Kier alpha value is -9.24. The molecule has 1 N–H and O–H groups in total. The van der Waals surface area contributed by atoms with E-state index in [-0.39, 0.29) is 41.8 Å². The lowest BCUT2D eigenvalue weighted by Gasteiger charge is -2.26. The molecule has 19 heteroatoms. The highest BCUT2D eigenvalue weighted by Crippen LogP contribution is 2.51. The molecule has 11 aromatic rings. The van der Waals surface area contributed by atoms with Crippen LogP contribution >= 0.6 is 45.3 Å². The van der Waals surface area contributed by atoms with Crippen LogP contribution in [0, 0.1) is 17.9 Å². The van der Waals surface area contributed by atoms with Crippen molar-refractivity contribution in [3.8, 4) is 67.6 Å². The van der Waals surface area contributed by atoms with E-state index in [1.807, 2.05) is 80.7 Å². The molecule has 0 atom stereocenters. The number of carbonyl (C=O) groups excluding carboxylic acids is 1. The lowest BCUT2D eigenvalue weighted by Crippen LogP contribution is -2.10. The van der Waals surface area contributed by atoms with Crippen molar-refractivity contribution in [2.45, 2.75) is 171 Å². The summed E-state index contributed by atoms with van der Waals surface area (Å²) in [4.78, 5) is 50.3. The van der Waals surface area contributed by atoms with Crippen LogP contribution < -0.4 is 4.90 Å². The van der Waals surface area contributed by atoms with Gasteiger partial charge in [0.25, 0.3) is 12.2 Å². The number of nitriles is 1. The first-order chi connectivity index (χ1) is 47.1. The molecule has 0 bridgehead atoms. The fourth-order valence-electron chi connectivity index (χ4n) is 12.5. The Morgan fingerprint density at radius 1 is 0.588 bits per heavy atom. The topological polar surface area (TPSA) is 182 Å². The zero-order valence-electron chi connectivity index (χ0n) is 56.9. The minimum atomic E-state index is -1.29. The van der Waals surface area contributed by atoms with Crippen molar-refractivity contribution in [1.82, 2.24) is 40.0 Å². The molecule has 496 valence electrons. The highest BCUT2D eigenvalue weighted by atomic mass is 32.1. The Balaban J connectivity index is 0.956. The quantitative estimate of drug-likeness (QED) is 0.0154. The molecule has 97 heavy (non-hydrogen) atoms. The summed E-state index contributed by atoms with van der Waals surface area (Å²) in [6.07, 6.45) is 13.8. The summed E-state index contributed by atoms with van der Waals surface area (Å²) in [6, 6.07) is 41.6. The monoisotopic (exact) mass is 1360 g/mol. The summed E-state index contributed by atoms with van der Waals surface area (Å²) in [7, 11) is 0. The van der Waals surface area contributed by atoms with Gasteiger partial charge in [-0.05, 0) is 179 Å². The number of aryl methyl sites for hydroxylation is 3. The van der Waals surface area contributed by atoms with E-state index in [1.54, 1.807) is 32.3 Å². The van der Waals surface area contributed by atoms with E-state index in [2.05, 4.69) is 143 Å². The number of unbranched alkanes of at least 4 members (excludes halogenated alkanes) is 1. The predicted octanol–water partition coefficient (Wildman–Crippen LogP) is 22.3. The Morgan fingerprint density at radius 3 is 1.40 bits per heavy atom. The van der Waals surface area contributed by atoms with Gasteiger partial charge in [0.2, 0.25) is 5.76 Å². The minimum absolute atomic E-state index is 0.0275. The maximum atomic E-state index is 12.0. The Labute approximate surface area is 584 Å². The molecule has 0 radical (unpaired) electrons. The van der Waals surface area contributed by atoms with E-state index in [1.165, 1.54) is 48.4 Å². The number of ether oxygens (including phenoxy) is 1. The number of hydrogen-bond acceptors (Lipinski definition) is 15. The number of hydrogen-bond donors (Lipinski definition) is 1. The van der Waals surface area contributed by atoms with E-state index in [0.29, 0.717) is 33.2 Å². The molecule has 5 aromatic carbocycles. The summed E-state index contributed by atoms with van der Waals surface area (Å²) in [5.41, 5.74) is 16.4. The number of carboxylic acid groups (broad SMARTS) is 1. The SMILES string of the molecule is [C-]#[N+]/C(=C\c1ccc(-c2nc(C(CC)CC)c(-c3cc(CCC)c(-c4ccc(N(c5ccc(CCCC)cc5)c5ccc(-c6sc(-c7sc(-c8ccc(/C=C(\C#N)OC=O)c9nn(C(C)C)nc89)nc7C(CC)CC)cc6CCC)cc5)cc4)s3)s2)c2nn(C(C)C)nc12)C(=O)O. The van der Waals surface area contributed by atoms with E-state index < -0.39 is 5.97 Å². The zero-order chi connectivity index (χ0) is 68.6. The van der Waals surface area contributed by atoms with E-state index in [0.717, 1.165) is 141 Å². The summed E-state index contributed by atoms with van der Waals surface area (Å²) in [6.45, 7) is 31.5.